The van der Waals surface area contributed by atoms with Gasteiger partial charge in [0.1, 0.15) is 0 Å². The average Bonchev–Trinajstić information content (AvgIpc) is 3.09. The highest BCUT2D eigenvalue weighted by atomic mass is 32.2. The van der Waals surface area contributed by atoms with E-state index >= 15 is 0 Å². The third kappa shape index (κ3) is 3.76. The van der Waals surface area contributed by atoms with Crippen LogP contribution in [0, 0.1) is 0 Å². The first-order valence-corrected chi connectivity index (χ1v) is 8.66. The van der Waals surface area contributed by atoms with Crippen molar-refractivity contribution in [2.24, 2.45) is 0 Å². The lowest BCUT2D eigenvalue weighted by molar-refractivity contribution is 0.422. The molecule has 0 aliphatic carbocycles. The molecule has 4 heteroatoms. The summed E-state index contributed by atoms with van der Waals surface area (Å²) in [5, 5.41) is 9.03. The van der Waals surface area contributed by atoms with E-state index in [-0.39, 0.29) is 0 Å². The average molecular weight is 281 g/mol. The molecule has 2 atom stereocenters. The Bertz CT molecular complexity index is 367. The maximum atomic E-state index is 4.78. The minimum absolute atomic E-state index is 0.558. The van der Waals surface area contributed by atoms with Gasteiger partial charge in [-0.25, -0.2) is 0 Å². The number of rotatable bonds is 7. The summed E-state index contributed by atoms with van der Waals surface area (Å²) in [7, 11) is 2.08. The number of nitrogens with zero attached hydrogens (tertiary/aromatic N) is 2. The Labute approximate surface area is 121 Å². The van der Waals surface area contributed by atoms with Crippen LogP contribution in [0.3, 0.4) is 0 Å². The third-order valence-electron chi connectivity index (χ3n) is 4.19. The monoisotopic (exact) mass is 281 g/mol. The molecule has 2 heterocycles. The van der Waals surface area contributed by atoms with Crippen molar-refractivity contribution in [3.63, 3.8) is 0 Å². The van der Waals surface area contributed by atoms with Gasteiger partial charge in [-0.2, -0.15) is 16.9 Å². The molecule has 0 saturated carbocycles. The number of hydrogen-bond acceptors (Lipinski definition) is 3. The predicted octanol–water partition coefficient (Wildman–Crippen LogP) is 3.27. The van der Waals surface area contributed by atoms with Gasteiger partial charge in [0.05, 0.1) is 11.7 Å². The van der Waals surface area contributed by atoms with E-state index in [2.05, 4.69) is 54.9 Å². The maximum absolute atomic E-state index is 4.78. The Morgan fingerprint density at radius 1 is 1.47 bits per heavy atom. The number of likely N-dealkylation sites (N-methyl/N-ethyl adjacent to an activating group) is 1. The number of nitrogens with one attached hydrogen (secondary N) is 1. The van der Waals surface area contributed by atoms with Crippen LogP contribution in [-0.4, -0.2) is 33.9 Å². The number of thioether (sulfide) groups is 1. The molecule has 0 radical (unpaired) electrons. The van der Waals surface area contributed by atoms with Crippen LogP contribution in [0.2, 0.25) is 0 Å². The molecule has 19 heavy (non-hydrogen) atoms. The second kappa shape index (κ2) is 7.34. The van der Waals surface area contributed by atoms with Crippen molar-refractivity contribution < 1.29 is 0 Å². The summed E-state index contributed by atoms with van der Waals surface area (Å²) in [5.74, 6) is 1.32. The van der Waals surface area contributed by atoms with E-state index in [1.807, 2.05) is 0 Å². The smallest absolute Gasteiger partial charge is 0.0640 e. The molecule has 3 nitrogen and oxygen atoms in total. The summed E-state index contributed by atoms with van der Waals surface area (Å²) in [6.07, 6.45) is 8.25. The summed E-state index contributed by atoms with van der Waals surface area (Å²) >= 11 is 2.12. The van der Waals surface area contributed by atoms with Crippen LogP contribution in [0.1, 0.15) is 51.3 Å². The first kappa shape index (κ1) is 14.9. The van der Waals surface area contributed by atoms with Gasteiger partial charge >= 0.3 is 0 Å². The molecule has 0 amide bonds. The summed E-state index contributed by atoms with van der Waals surface area (Å²) in [5.41, 5.74) is 1.23. The minimum atomic E-state index is 0.558. The van der Waals surface area contributed by atoms with E-state index in [1.54, 1.807) is 0 Å². The lowest BCUT2D eigenvalue weighted by Gasteiger charge is -2.21. The van der Waals surface area contributed by atoms with Crippen LogP contribution in [-0.2, 0) is 6.42 Å². The van der Waals surface area contributed by atoms with Gasteiger partial charge in [0, 0.05) is 23.9 Å². The van der Waals surface area contributed by atoms with E-state index in [9.17, 15) is 0 Å². The van der Waals surface area contributed by atoms with E-state index in [0.717, 1.165) is 24.5 Å². The highest BCUT2D eigenvalue weighted by molar-refractivity contribution is 8.00. The molecule has 0 spiro atoms. The summed E-state index contributed by atoms with van der Waals surface area (Å²) in [6.45, 7) is 4.47. The van der Waals surface area contributed by atoms with E-state index < -0.39 is 0 Å². The molecule has 2 rings (SSSR count). The lowest BCUT2D eigenvalue weighted by Crippen LogP contribution is -2.36. The minimum Gasteiger partial charge on any atom is -0.316 e. The van der Waals surface area contributed by atoms with Crippen LogP contribution in [0.5, 0.6) is 0 Å². The van der Waals surface area contributed by atoms with Crippen LogP contribution in [0.25, 0.3) is 0 Å². The zero-order valence-corrected chi connectivity index (χ0v) is 13.2. The zero-order chi connectivity index (χ0) is 13.7. The van der Waals surface area contributed by atoms with Crippen molar-refractivity contribution in [2.75, 3.05) is 12.8 Å². The molecular weight excluding hydrogens is 254 g/mol. The fraction of sp³-hybridized carbons (Fsp3) is 0.800. The van der Waals surface area contributed by atoms with E-state index in [1.165, 1.54) is 24.3 Å². The van der Waals surface area contributed by atoms with E-state index in [4.69, 9.17) is 5.10 Å². The number of aromatic nitrogens is 2. The summed E-state index contributed by atoms with van der Waals surface area (Å²) in [4.78, 5) is 0. The first-order valence-electron chi connectivity index (χ1n) is 7.61. The zero-order valence-electron chi connectivity index (χ0n) is 12.4. The SMILES string of the molecule is CCC(CC)n1ccc(CC(NC)C2CCCS2)n1. The highest BCUT2D eigenvalue weighted by Crippen LogP contribution is 2.30. The molecule has 108 valence electrons. The normalized spacial score (nSPS) is 21.2. The van der Waals surface area contributed by atoms with Crippen molar-refractivity contribution in [3.8, 4) is 0 Å². The van der Waals surface area contributed by atoms with Gasteiger partial charge < -0.3 is 5.32 Å². The van der Waals surface area contributed by atoms with Crippen molar-refractivity contribution in [1.29, 1.82) is 0 Å². The van der Waals surface area contributed by atoms with Crippen LogP contribution >= 0.6 is 11.8 Å². The molecule has 1 aromatic heterocycles. The first-order chi connectivity index (χ1) is 9.28. The largest absolute Gasteiger partial charge is 0.316 e. The molecule has 1 aromatic rings. The van der Waals surface area contributed by atoms with Crippen LogP contribution in [0.4, 0.5) is 0 Å². The molecular formula is C15H27N3S. The standard InChI is InChI=1S/C15H27N3S/c1-4-13(5-2)18-9-8-12(17-18)11-14(16-3)15-7-6-10-19-15/h8-9,13-16H,4-7,10-11H2,1-3H3. The topological polar surface area (TPSA) is 29.9 Å². The predicted molar refractivity (Wildman–Crippen MR) is 83.9 cm³/mol. The quantitative estimate of drug-likeness (QED) is 0.832. The van der Waals surface area contributed by atoms with Gasteiger partial charge in [0.2, 0.25) is 0 Å². The van der Waals surface area contributed by atoms with Gasteiger partial charge in [-0.05, 0) is 44.6 Å². The van der Waals surface area contributed by atoms with Crippen molar-refractivity contribution >= 4 is 11.8 Å². The maximum Gasteiger partial charge on any atom is 0.0640 e. The van der Waals surface area contributed by atoms with E-state index in [0.29, 0.717) is 12.1 Å². The summed E-state index contributed by atoms with van der Waals surface area (Å²) in [6, 6.07) is 3.32. The van der Waals surface area contributed by atoms with Crippen molar-refractivity contribution in [2.45, 2.75) is 63.3 Å². The molecule has 2 unspecified atom stereocenters. The van der Waals surface area contributed by atoms with Gasteiger partial charge in [-0.15, -0.1) is 0 Å². The third-order valence-corrected chi connectivity index (χ3v) is 5.71. The molecule has 1 fully saturated rings. The second-order valence-corrected chi connectivity index (χ2v) is 6.76. The second-order valence-electron chi connectivity index (χ2n) is 5.41. The Balaban J connectivity index is 1.97. The molecule has 0 bridgehead atoms. The molecule has 1 saturated heterocycles. The Hall–Kier alpha value is -0.480. The molecule has 0 aromatic carbocycles. The lowest BCUT2D eigenvalue weighted by atomic mass is 10.0. The molecule has 1 aliphatic heterocycles. The summed E-state index contributed by atoms with van der Waals surface area (Å²) < 4.78 is 2.16. The fourth-order valence-corrected chi connectivity index (χ4v) is 4.35. The van der Waals surface area contributed by atoms with Crippen molar-refractivity contribution in [3.05, 3.63) is 18.0 Å². The Morgan fingerprint density at radius 2 is 2.26 bits per heavy atom. The molecule has 1 aliphatic rings. The van der Waals surface area contributed by atoms with Gasteiger partial charge in [-0.1, -0.05) is 13.8 Å². The number of hydrogen-bond donors (Lipinski definition) is 1. The molecule has 1 N–H and O–H groups in total. The van der Waals surface area contributed by atoms with Gasteiger partial charge in [-0.3, -0.25) is 4.68 Å². The van der Waals surface area contributed by atoms with Crippen molar-refractivity contribution in [1.82, 2.24) is 15.1 Å². The fourth-order valence-electron chi connectivity index (χ4n) is 2.92. The van der Waals surface area contributed by atoms with Crippen LogP contribution < -0.4 is 5.32 Å². The van der Waals surface area contributed by atoms with Crippen LogP contribution in [0.15, 0.2) is 12.3 Å². The Kier molecular flexibility index (Phi) is 5.76. The van der Waals surface area contributed by atoms with Gasteiger partial charge in [0.25, 0.3) is 0 Å². The highest BCUT2D eigenvalue weighted by Gasteiger charge is 2.25. The Morgan fingerprint density at radius 3 is 2.84 bits per heavy atom. The van der Waals surface area contributed by atoms with Gasteiger partial charge in [0.15, 0.2) is 0 Å².